The van der Waals surface area contributed by atoms with E-state index < -0.39 is 11.6 Å². The van der Waals surface area contributed by atoms with Gasteiger partial charge in [0, 0.05) is 38.7 Å². The van der Waals surface area contributed by atoms with Crippen LogP contribution in [0.5, 0.6) is 5.75 Å². The molecule has 0 bridgehead atoms. The number of amides is 2. The summed E-state index contributed by atoms with van der Waals surface area (Å²) in [5.74, 6) is -0.994. The fraction of sp³-hybridized carbons (Fsp3) is 0.391. The number of aryl methyl sites for hydroxylation is 1. The van der Waals surface area contributed by atoms with Gasteiger partial charge in [0.2, 0.25) is 11.8 Å². The number of nitrogens with zero attached hydrogens (tertiary/aromatic N) is 2. The lowest BCUT2D eigenvalue weighted by molar-refractivity contribution is -0.131. The summed E-state index contributed by atoms with van der Waals surface area (Å²) in [5, 5.41) is 2.47. The van der Waals surface area contributed by atoms with Crippen LogP contribution in [0.4, 0.5) is 14.5 Å². The maximum Gasteiger partial charge on any atom is 0.238 e. The number of halogens is 2. The molecular formula is C23H27F2N3O3. The molecule has 2 aromatic carbocycles. The fourth-order valence-corrected chi connectivity index (χ4v) is 3.56. The van der Waals surface area contributed by atoms with Crippen molar-refractivity contribution in [3.63, 3.8) is 0 Å². The minimum Gasteiger partial charge on any atom is -0.497 e. The molecule has 1 heterocycles. The molecule has 2 amide bonds. The average molecular weight is 431 g/mol. The van der Waals surface area contributed by atoms with Gasteiger partial charge in [0.15, 0.2) is 0 Å². The second-order valence-electron chi connectivity index (χ2n) is 7.53. The molecule has 1 saturated heterocycles. The molecule has 166 valence electrons. The number of rotatable bonds is 7. The Bertz CT molecular complexity index is 905. The highest BCUT2D eigenvalue weighted by molar-refractivity contribution is 5.92. The normalized spacial score (nSPS) is 14.7. The molecule has 0 aromatic heterocycles. The van der Waals surface area contributed by atoms with Crippen LogP contribution in [0.2, 0.25) is 0 Å². The number of ether oxygens (including phenoxy) is 1. The van der Waals surface area contributed by atoms with Crippen molar-refractivity contribution < 1.29 is 23.1 Å². The fourth-order valence-electron chi connectivity index (χ4n) is 3.56. The molecule has 1 N–H and O–H groups in total. The number of benzene rings is 2. The van der Waals surface area contributed by atoms with Gasteiger partial charge in [-0.05, 0) is 42.7 Å². The van der Waals surface area contributed by atoms with Gasteiger partial charge in [0.05, 0.1) is 19.3 Å². The number of carbonyl (C=O) groups is 2. The summed E-state index contributed by atoms with van der Waals surface area (Å²) >= 11 is 0. The number of methoxy groups -OCH3 is 1. The van der Waals surface area contributed by atoms with Crippen LogP contribution in [0.25, 0.3) is 0 Å². The van der Waals surface area contributed by atoms with E-state index in [1.165, 1.54) is 6.07 Å². The van der Waals surface area contributed by atoms with Crippen molar-refractivity contribution in [3.8, 4) is 5.75 Å². The number of hydrogen-bond acceptors (Lipinski definition) is 4. The monoisotopic (exact) mass is 431 g/mol. The Hall–Kier alpha value is -3.00. The van der Waals surface area contributed by atoms with Crippen molar-refractivity contribution >= 4 is 17.5 Å². The van der Waals surface area contributed by atoms with E-state index in [0.717, 1.165) is 29.9 Å². The number of hydrogen-bond donors (Lipinski definition) is 1. The first-order chi connectivity index (χ1) is 14.9. The predicted molar refractivity (Wildman–Crippen MR) is 114 cm³/mol. The summed E-state index contributed by atoms with van der Waals surface area (Å²) in [4.78, 5) is 28.6. The Morgan fingerprint density at radius 2 is 1.81 bits per heavy atom. The average Bonchev–Trinajstić information content (AvgIpc) is 3.00. The maximum atomic E-state index is 13.7. The van der Waals surface area contributed by atoms with E-state index in [0.29, 0.717) is 39.0 Å². The van der Waals surface area contributed by atoms with Crippen molar-refractivity contribution in [2.75, 3.05) is 45.2 Å². The molecule has 8 heteroatoms. The molecule has 1 aliphatic heterocycles. The summed E-state index contributed by atoms with van der Waals surface area (Å²) in [6, 6.07) is 10.7. The van der Waals surface area contributed by atoms with Crippen molar-refractivity contribution in [1.29, 1.82) is 0 Å². The van der Waals surface area contributed by atoms with Crippen molar-refractivity contribution in [1.82, 2.24) is 9.80 Å². The van der Waals surface area contributed by atoms with Gasteiger partial charge in [-0.2, -0.15) is 0 Å². The van der Waals surface area contributed by atoms with E-state index in [9.17, 15) is 18.4 Å². The third-order valence-electron chi connectivity index (χ3n) is 5.30. The summed E-state index contributed by atoms with van der Waals surface area (Å²) < 4.78 is 31.8. The minimum absolute atomic E-state index is 0.0449. The van der Waals surface area contributed by atoms with E-state index in [1.807, 2.05) is 34.1 Å². The van der Waals surface area contributed by atoms with Crippen LogP contribution >= 0.6 is 0 Å². The maximum absolute atomic E-state index is 13.7. The van der Waals surface area contributed by atoms with E-state index in [1.54, 1.807) is 7.11 Å². The molecule has 3 rings (SSSR count). The summed E-state index contributed by atoms with van der Waals surface area (Å²) in [7, 11) is 1.62. The van der Waals surface area contributed by atoms with Gasteiger partial charge < -0.3 is 15.0 Å². The largest absolute Gasteiger partial charge is 0.497 e. The lowest BCUT2D eigenvalue weighted by Gasteiger charge is -2.22. The van der Waals surface area contributed by atoms with Gasteiger partial charge in [-0.1, -0.05) is 12.1 Å². The zero-order valence-electron chi connectivity index (χ0n) is 17.6. The van der Waals surface area contributed by atoms with Crippen LogP contribution in [0.15, 0.2) is 42.5 Å². The van der Waals surface area contributed by atoms with Crippen molar-refractivity contribution in [2.24, 2.45) is 0 Å². The van der Waals surface area contributed by atoms with Crippen LogP contribution in [-0.4, -0.2) is 61.4 Å². The van der Waals surface area contributed by atoms with Gasteiger partial charge in [0.25, 0.3) is 0 Å². The Morgan fingerprint density at radius 3 is 2.52 bits per heavy atom. The molecule has 0 radical (unpaired) electrons. The van der Waals surface area contributed by atoms with E-state index in [-0.39, 0.29) is 24.0 Å². The zero-order chi connectivity index (χ0) is 22.2. The smallest absolute Gasteiger partial charge is 0.238 e. The van der Waals surface area contributed by atoms with Crippen molar-refractivity contribution in [3.05, 3.63) is 59.7 Å². The Kier molecular flexibility index (Phi) is 7.94. The molecule has 31 heavy (non-hydrogen) atoms. The zero-order valence-corrected chi connectivity index (χ0v) is 17.6. The number of nitrogens with one attached hydrogen (secondary N) is 1. The van der Waals surface area contributed by atoms with Gasteiger partial charge in [-0.3, -0.25) is 14.5 Å². The first-order valence-electron chi connectivity index (χ1n) is 10.3. The molecule has 2 aromatic rings. The van der Waals surface area contributed by atoms with Crippen LogP contribution < -0.4 is 10.1 Å². The molecule has 0 atom stereocenters. The van der Waals surface area contributed by atoms with Crippen LogP contribution in [-0.2, 0) is 16.0 Å². The second-order valence-corrected chi connectivity index (χ2v) is 7.53. The third-order valence-corrected chi connectivity index (χ3v) is 5.30. The Labute approximate surface area is 180 Å². The topological polar surface area (TPSA) is 61.9 Å². The highest BCUT2D eigenvalue weighted by Crippen LogP contribution is 2.16. The van der Waals surface area contributed by atoms with Gasteiger partial charge >= 0.3 is 0 Å². The molecule has 6 nitrogen and oxygen atoms in total. The van der Waals surface area contributed by atoms with Gasteiger partial charge in [-0.25, -0.2) is 8.78 Å². The van der Waals surface area contributed by atoms with Crippen LogP contribution in [0.3, 0.4) is 0 Å². The lowest BCUT2D eigenvalue weighted by Crippen LogP contribution is -2.38. The SMILES string of the molecule is COc1ccc(CCC(=O)N2CCCN(CC(=O)Nc3ccc(F)cc3F)CC2)cc1. The lowest BCUT2D eigenvalue weighted by atomic mass is 10.1. The van der Waals surface area contributed by atoms with E-state index >= 15 is 0 Å². The summed E-state index contributed by atoms with van der Waals surface area (Å²) in [6.45, 7) is 2.51. The molecule has 0 aliphatic carbocycles. The Balaban J connectivity index is 1.44. The first-order valence-corrected chi connectivity index (χ1v) is 10.3. The van der Waals surface area contributed by atoms with Crippen LogP contribution in [0, 0.1) is 11.6 Å². The van der Waals surface area contributed by atoms with E-state index in [2.05, 4.69) is 5.32 Å². The van der Waals surface area contributed by atoms with Crippen molar-refractivity contribution in [2.45, 2.75) is 19.3 Å². The van der Waals surface area contributed by atoms with Gasteiger partial charge in [-0.15, -0.1) is 0 Å². The molecule has 1 fully saturated rings. The van der Waals surface area contributed by atoms with Crippen LogP contribution in [0.1, 0.15) is 18.4 Å². The molecule has 1 aliphatic rings. The second kappa shape index (κ2) is 10.9. The summed E-state index contributed by atoms with van der Waals surface area (Å²) in [6.07, 6.45) is 1.85. The Morgan fingerprint density at radius 1 is 1.03 bits per heavy atom. The highest BCUT2D eigenvalue weighted by atomic mass is 19.1. The molecule has 0 spiro atoms. The predicted octanol–water partition coefficient (Wildman–Crippen LogP) is 3.08. The quantitative estimate of drug-likeness (QED) is 0.732. The standard InChI is InChI=1S/C23H27F2N3O3/c1-31-19-7-3-17(4-8-19)5-10-23(30)28-12-2-11-27(13-14-28)16-22(29)26-21-9-6-18(24)15-20(21)25/h3-4,6-9,15H,2,5,10-14,16H2,1H3,(H,26,29). The minimum atomic E-state index is -0.808. The number of anilines is 1. The molecular weight excluding hydrogens is 404 g/mol. The number of carbonyl (C=O) groups excluding carboxylic acids is 2. The first kappa shape index (κ1) is 22.7. The summed E-state index contributed by atoms with van der Waals surface area (Å²) in [5.41, 5.74) is 1.03. The third kappa shape index (κ3) is 6.75. The van der Waals surface area contributed by atoms with E-state index in [4.69, 9.17) is 4.74 Å². The molecule has 0 unspecified atom stereocenters. The highest BCUT2D eigenvalue weighted by Gasteiger charge is 2.20. The van der Waals surface area contributed by atoms with Gasteiger partial charge in [0.1, 0.15) is 17.4 Å². The molecule has 0 saturated carbocycles.